The highest BCUT2D eigenvalue weighted by Crippen LogP contribution is 2.32. The Morgan fingerprint density at radius 1 is 0.963 bits per heavy atom. The summed E-state index contributed by atoms with van der Waals surface area (Å²) in [7, 11) is 1.73. The number of carbonyl (C=O) groups is 3. The Kier molecular flexibility index (Phi) is 6.73. The maximum absolute atomic E-state index is 13.3. The van der Waals surface area contributed by atoms with Crippen LogP contribution in [0.25, 0.3) is 0 Å². The summed E-state index contributed by atoms with van der Waals surface area (Å²) in [5, 5.41) is 8.98. The van der Waals surface area contributed by atoms with Crippen molar-refractivity contribution < 1.29 is 14.4 Å². The number of likely N-dealkylation sites (N-methyl/N-ethyl adjacent to an activating group) is 1. The first kappa shape index (κ1) is 20.1. The molecule has 0 radical (unpaired) electrons. The summed E-state index contributed by atoms with van der Waals surface area (Å²) in [6.07, 6.45) is 9.55. The third-order valence-corrected chi connectivity index (χ3v) is 6.48. The molecule has 3 fully saturated rings. The molecule has 152 valence electrons. The van der Waals surface area contributed by atoms with E-state index in [1.165, 1.54) is 12.8 Å². The van der Waals surface area contributed by atoms with Gasteiger partial charge in [-0.25, -0.2) is 0 Å². The molecule has 3 aliphatic rings. The minimum Gasteiger partial charge on any atom is -0.352 e. The van der Waals surface area contributed by atoms with E-state index >= 15 is 0 Å². The van der Waals surface area contributed by atoms with E-state index in [-0.39, 0.29) is 41.9 Å². The number of amides is 3. The van der Waals surface area contributed by atoms with Gasteiger partial charge < -0.3 is 20.9 Å². The molecule has 1 saturated carbocycles. The van der Waals surface area contributed by atoms with Gasteiger partial charge in [-0.15, -0.1) is 0 Å². The van der Waals surface area contributed by atoms with Gasteiger partial charge in [0.1, 0.15) is 12.1 Å². The second kappa shape index (κ2) is 9.04. The third-order valence-electron chi connectivity index (χ3n) is 6.48. The molecule has 0 aromatic rings. The van der Waals surface area contributed by atoms with E-state index in [2.05, 4.69) is 16.0 Å². The molecule has 1 unspecified atom stereocenters. The maximum Gasteiger partial charge on any atom is 0.246 e. The summed E-state index contributed by atoms with van der Waals surface area (Å²) in [5.41, 5.74) is 0. The molecule has 7 heteroatoms. The van der Waals surface area contributed by atoms with Crippen LogP contribution in [-0.2, 0) is 14.4 Å². The van der Waals surface area contributed by atoms with Crippen molar-refractivity contribution in [3.05, 3.63) is 0 Å². The van der Waals surface area contributed by atoms with Gasteiger partial charge in [-0.3, -0.25) is 14.4 Å². The highest BCUT2D eigenvalue weighted by molar-refractivity contribution is 5.93. The van der Waals surface area contributed by atoms with Crippen molar-refractivity contribution in [2.24, 2.45) is 0 Å². The van der Waals surface area contributed by atoms with Crippen molar-refractivity contribution in [1.29, 1.82) is 0 Å². The fraction of sp³-hybridized carbons (Fsp3) is 0.850. The van der Waals surface area contributed by atoms with Crippen LogP contribution in [0.15, 0.2) is 0 Å². The lowest BCUT2D eigenvalue weighted by Crippen LogP contribution is -2.58. The van der Waals surface area contributed by atoms with Crippen LogP contribution in [-0.4, -0.2) is 59.9 Å². The van der Waals surface area contributed by atoms with Crippen molar-refractivity contribution in [3.63, 3.8) is 0 Å². The predicted molar refractivity (Wildman–Crippen MR) is 103 cm³/mol. The summed E-state index contributed by atoms with van der Waals surface area (Å²) in [4.78, 5) is 40.3. The molecule has 0 bridgehead atoms. The average molecular weight is 379 g/mol. The van der Waals surface area contributed by atoms with Crippen LogP contribution in [0.5, 0.6) is 0 Å². The van der Waals surface area contributed by atoms with Crippen LogP contribution in [0.3, 0.4) is 0 Å². The van der Waals surface area contributed by atoms with Crippen LogP contribution in [0, 0.1) is 0 Å². The zero-order chi connectivity index (χ0) is 19.4. The van der Waals surface area contributed by atoms with Crippen molar-refractivity contribution in [1.82, 2.24) is 20.9 Å². The van der Waals surface area contributed by atoms with Crippen molar-refractivity contribution >= 4 is 17.7 Å². The quantitative estimate of drug-likeness (QED) is 0.667. The molecule has 4 atom stereocenters. The Morgan fingerprint density at radius 2 is 1.63 bits per heavy atom. The second-order valence-corrected chi connectivity index (χ2v) is 8.34. The van der Waals surface area contributed by atoms with Crippen LogP contribution < -0.4 is 16.0 Å². The smallest absolute Gasteiger partial charge is 0.246 e. The maximum atomic E-state index is 13.3. The second-order valence-electron chi connectivity index (χ2n) is 8.34. The zero-order valence-electron chi connectivity index (χ0n) is 16.6. The van der Waals surface area contributed by atoms with Gasteiger partial charge in [0.2, 0.25) is 17.7 Å². The van der Waals surface area contributed by atoms with Gasteiger partial charge in [-0.2, -0.15) is 0 Å². The summed E-state index contributed by atoms with van der Waals surface area (Å²) >= 11 is 0. The number of nitrogens with one attached hydrogen (secondary N) is 3. The standard InChI is InChI=1S/C20H34N4O3/c1-13(21-2)18(25)23-16-10-6-5-9-15-11-12-17(24(15)20(16)27)19(26)22-14-7-3-4-8-14/h13-17,21H,3-12H2,1-2H3,(H,22,26)(H,23,25)/t13-,15-,16?,17-/m0/s1. The van der Waals surface area contributed by atoms with Crippen molar-refractivity contribution in [3.8, 4) is 0 Å². The van der Waals surface area contributed by atoms with Crippen LogP contribution in [0.2, 0.25) is 0 Å². The van der Waals surface area contributed by atoms with E-state index in [1.807, 2.05) is 0 Å². The number of rotatable bonds is 5. The summed E-state index contributed by atoms with van der Waals surface area (Å²) in [6.45, 7) is 1.78. The highest BCUT2D eigenvalue weighted by Gasteiger charge is 2.44. The molecule has 2 saturated heterocycles. The largest absolute Gasteiger partial charge is 0.352 e. The lowest BCUT2D eigenvalue weighted by Gasteiger charge is -2.35. The molecule has 3 rings (SSSR count). The predicted octanol–water partition coefficient (Wildman–Crippen LogP) is 1.07. The van der Waals surface area contributed by atoms with E-state index < -0.39 is 6.04 Å². The molecular formula is C20H34N4O3. The van der Waals surface area contributed by atoms with Crippen LogP contribution in [0.1, 0.15) is 71.1 Å². The van der Waals surface area contributed by atoms with Gasteiger partial charge in [-0.1, -0.05) is 25.7 Å². The Bertz CT molecular complexity index is 561. The Morgan fingerprint density at radius 3 is 2.33 bits per heavy atom. The van der Waals surface area contributed by atoms with E-state index in [4.69, 9.17) is 0 Å². The molecular weight excluding hydrogens is 344 g/mol. The molecule has 1 aliphatic carbocycles. The van der Waals surface area contributed by atoms with Gasteiger partial charge in [0.15, 0.2) is 0 Å². The Hall–Kier alpha value is -1.63. The Balaban J connectivity index is 1.70. The van der Waals surface area contributed by atoms with E-state index in [1.54, 1.807) is 18.9 Å². The fourth-order valence-electron chi connectivity index (χ4n) is 4.72. The van der Waals surface area contributed by atoms with Gasteiger partial charge in [0.25, 0.3) is 0 Å². The number of hydrogen-bond acceptors (Lipinski definition) is 4. The molecule has 7 nitrogen and oxygen atoms in total. The molecule has 0 spiro atoms. The van der Waals surface area contributed by atoms with E-state index in [0.29, 0.717) is 6.42 Å². The average Bonchev–Trinajstić information content (AvgIpc) is 3.31. The molecule has 3 amide bonds. The Labute approximate surface area is 162 Å². The minimum atomic E-state index is -0.531. The van der Waals surface area contributed by atoms with Crippen molar-refractivity contribution in [2.45, 2.75) is 101 Å². The summed E-state index contributed by atoms with van der Waals surface area (Å²) in [5.74, 6) is -0.258. The number of fused-ring (bicyclic) bond motifs is 1. The molecule has 2 heterocycles. The summed E-state index contributed by atoms with van der Waals surface area (Å²) < 4.78 is 0. The molecule has 0 aromatic carbocycles. The monoisotopic (exact) mass is 378 g/mol. The number of hydrogen-bond donors (Lipinski definition) is 3. The van der Waals surface area contributed by atoms with Gasteiger partial charge in [-0.05, 0) is 52.5 Å². The topological polar surface area (TPSA) is 90.5 Å². The minimum absolute atomic E-state index is 0.00741. The summed E-state index contributed by atoms with van der Waals surface area (Å²) in [6, 6.07) is -0.885. The third kappa shape index (κ3) is 4.62. The molecule has 0 aromatic heterocycles. The van der Waals surface area contributed by atoms with Gasteiger partial charge >= 0.3 is 0 Å². The van der Waals surface area contributed by atoms with Crippen LogP contribution in [0.4, 0.5) is 0 Å². The lowest BCUT2D eigenvalue weighted by atomic mass is 9.98. The van der Waals surface area contributed by atoms with Crippen LogP contribution >= 0.6 is 0 Å². The lowest BCUT2D eigenvalue weighted by molar-refractivity contribution is -0.144. The molecule has 2 aliphatic heterocycles. The van der Waals surface area contributed by atoms with Gasteiger partial charge in [0, 0.05) is 12.1 Å². The van der Waals surface area contributed by atoms with Gasteiger partial charge in [0.05, 0.1) is 6.04 Å². The highest BCUT2D eigenvalue weighted by atomic mass is 16.2. The first-order chi connectivity index (χ1) is 13.0. The fourth-order valence-corrected chi connectivity index (χ4v) is 4.72. The van der Waals surface area contributed by atoms with E-state index in [9.17, 15) is 14.4 Å². The van der Waals surface area contributed by atoms with E-state index in [0.717, 1.165) is 44.9 Å². The number of carbonyl (C=O) groups excluding carboxylic acids is 3. The van der Waals surface area contributed by atoms with Crippen molar-refractivity contribution in [2.75, 3.05) is 7.05 Å². The normalized spacial score (nSPS) is 30.4. The SMILES string of the molecule is CN[C@@H](C)C(=O)NC1CCCC[C@H]2CC[C@@H](C(=O)NC3CCCC3)N2C1=O. The number of nitrogens with zero attached hydrogens (tertiary/aromatic N) is 1. The molecule has 27 heavy (non-hydrogen) atoms. The first-order valence-corrected chi connectivity index (χ1v) is 10.6. The zero-order valence-corrected chi connectivity index (χ0v) is 16.6. The first-order valence-electron chi connectivity index (χ1n) is 10.6. The molecule has 3 N–H and O–H groups in total.